The van der Waals surface area contributed by atoms with Crippen molar-refractivity contribution in [2.45, 2.75) is 17.6 Å². The van der Waals surface area contributed by atoms with E-state index in [1.54, 1.807) is 0 Å². The van der Waals surface area contributed by atoms with E-state index < -0.39 is 10.7 Å². The molecule has 0 saturated carbocycles. The summed E-state index contributed by atoms with van der Waals surface area (Å²) in [5.74, 6) is 0.0780. The monoisotopic (exact) mass is 277 g/mol. The first-order valence-electron chi connectivity index (χ1n) is 5.68. The zero-order valence-corrected chi connectivity index (χ0v) is 11.1. The van der Waals surface area contributed by atoms with E-state index in [1.807, 2.05) is 31.2 Å². The highest BCUT2D eigenvalue weighted by Crippen LogP contribution is 2.28. The molecule has 0 amide bonds. The van der Waals surface area contributed by atoms with Gasteiger partial charge in [0.05, 0.1) is 11.0 Å². The molecule has 2 aromatic rings. The maximum atomic E-state index is 13.3. The van der Waals surface area contributed by atoms with Crippen molar-refractivity contribution in [3.63, 3.8) is 0 Å². The highest BCUT2D eigenvalue weighted by atomic mass is 32.2. The summed E-state index contributed by atoms with van der Waals surface area (Å²) in [7, 11) is 0. The summed E-state index contributed by atoms with van der Waals surface area (Å²) in [6, 6.07) is 11.5. The minimum atomic E-state index is -0.582. The van der Waals surface area contributed by atoms with Crippen molar-refractivity contribution in [2.24, 2.45) is 0 Å². The number of hydrogen-bond acceptors (Lipinski definition) is 3. The highest BCUT2D eigenvalue weighted by Gasteiger charge is 2.10. The molecule has 98 valence electrons. The number of nitro benzene ring substituents is 1. The topological polar surface area (TPSA) is 43.1 Å². The van der Waals surface area contributed by atoms with Gasteiger partial charge in [-0.2, -0.15) is 0 Å². The lowest BCUT2D eigenvalue weighted by molar-refractivity contribution is -0.385. The van der Waals surface area contributed by atoms with Gasteiger partial charge in [0, 0.05) is 16.7 Å². The van der Waals surface area contributed by atoms with E-state index >= 15 is 0 Å². The second-order valence-electron chi connectivity index (χ2n) is 4.12. The van der Waals surface area contributed by atoms with Crippen molar-refractivity contribution < 1.29 is 9.31 Å². The molecule has 5 heteroatoms. The van der Waals surface area contributed by atoms with Crippen LogP contribution in [-0.2, 0) is 5.75 Å². The fourth-order valence-corrected chi connectivity index (χ4v) is 2.72. The Morgan fingerprint density at radius 2 is 2.00 bits per heavy atom. The van der Waals surface area contributed by atoms with Gasteiger partial charge in [0.1, 0.15) is 5.82 Å². The van der Waals surface area contributed by atoms with Crippen LogP contribution in [0.5, 0.6) is 0 Å². The lowest BCUT2D eigenvalue weighted by Crippen LogP contribution is -1.90. The van der Waals surface area contributed by atoms with Crippen molar-refractivity contribution in [1.82, 2.24) is 0 Å². The molecule has 19 heavy (non-hydrogen) atoms. The second-order valence-corrected chi connectivity index (χ2v) is 5.17. The molecule has 0 aromatic heterocycles. The van der Waals surface area contributed by atoms with Crippen LogP contribution in [0.1, 0.15) is 11.1 Å². The van der Waals surface area contributed by atoms with Gasteiger partial charge in [0.15, 0.2) is 0 Å². The normalized spacial score (nSPS) is 10.4. The Morgan fingerprint density at radius 3 is 2.68 bits per heavy atom. The summed E-state index contributed by atoms with van der Waals surface area (Å²) in [5.41, 5.74) is 2.08. The molecule has 0 saturated heterocycles. The summed E-state index contributed by atoms with van der Waals surface area (Å²) in [6.07, 6.45) is 0. The molecule has 0 atom stereocenters. The van der Waals surface area contributed by atoms with Gasteiger partial charge in [-0.15, -0.1) is 11.8 Å². The SMILES string of the molecule is Cc1ccccc1CSc1cc(F)cc([N+](=O)[O-])c1. The van der Waals surface area contributed by atoms with Crippen LogP contribution in [0.25, 0.3) is 0 Å². The van der Waals surface area contributed by atoms with E-state index in [4.69, 9.17) is 0 Å². The molecule has 0 radical (unpaired) electrons. The minimum Gasteiger partial charge on any atom is -0.258 e. The maximum Gasteiger partial charge on any atom is 0.273 e. The number of halogens is 1. The average molecular weight is 277 g/mol. The Morgan fingerprint density at radius 1 is 1.26 bits per heavy atom. The molecule has 0 aliphatic rings. The van der Waals surface area contributed by atoms with Crippen molar-refractivity contribution in [3.05, 3.63) is 69.5 Å². The smallest absolute Gasteiger partial charge is 0.258 e. The lowest BCUT2D eigenvalue weighted by Gasteiger charge is -2.05. The second kappa shape index (κ2) is 5.84. The molecule has 0 aliphatic heterocycles. The number of nitrogens with zero attached hydrogens (tertiary/aromatic N) is 1. The summed E-state index contributed by atoms with van der Waals surface area (Å²) in [5, 5.41) is 10.7. The quantitative estimate of drug-likeness (QED) is 0.474. The van der Waals surface area contributed by atoms with E-state index in [1.165, 1.54) is 23.9 Å². The largest absolute Gasteiger partial charge is 0.273 e. The molecule has 0 N–H and O–H groups in total. The third-order valence-corrected chi connectivity index (χ3v) is 3.75. The zero-order chi connectivity index (χ0) is 13.8. The minimum absolute atomic E-state index is 0.215. The van der Waals surface area contributed by atoms with Crippen LogP contribution < -0.4 is 0 Å². The predicted octanol–water partition coefficient (Wildman–Crippen LogP) is 4.33. The Kier molecular flexibility index (Phi) is 4.16. The Balaban J connectivity index is 2.16. The Bertz CT molecular complexity index is 616. The van der Waals surface area contributed by atoms with Crippen LogP contribution >= 0.6 is 11.8 Å². The van der Waals surface area contributed by atoms with Crippen molar-refractivity contribution in [1.29, 1.82) is 0 Å². The van der Waals surface area contributed by atoms with Gasteiger partial charge in [-0.3, -0.25) is 10.1 Å². The van der Waals surface area contributed by atoms with Gasteiger partial charge < -0.3 is 0 Å². The lowest BCUT2D eigenvalue weighted by atomic mass is 10.1. The molecule has 0 fully saturated rings. The molecule has 2 rings (SSSR count). The third kappa shape index (κ3) is 3.54. The number of rotatable bonds is 4. The molecule has 0 unspecified atom stereocenters. The molecular weight excluding hydrogens is 265 g/mol. The number of nitro groups is 1. The number of benzene rings is 2. The molecule has 2 aromatic carbocycles. The third-order valence-electron chi connectivity index (χ3n) is 2.72. The fourth-order valence-electron chi connectivity index (χ4n) is 1.67. The summed E-state index contributed by atoms with van der Waals surface area (Å²) in [6.45, 7) is 2.00. The van der Waals surface area contributed by atoms with Crippen molar-refractivity contribution >= 4 is 17.4 Å². The van der Waals surface area contributed by atoms with E-state index in [0.29, 0.717) is 10.6 Å². The maximum absolute atomic E-state index is 13.3. The molecule has 0 heterocycles. The summed E-state index contributed by atoms with van der Waals surface area (Å²) in [4.78, 5) is 10.6. The Hall–Kier alpha value is -1.88. The van der Waals surface area contributed by atoms with Crippen LogP contribution in [0.15, 0.2) is 47.4 Å². The van der Waals surface area contributed by atoms with Gasteiger partial charge >= 0.3 is 0 Å². The van der Waals surface area contributed by atoms with Crippen LogP contribution in [-0.4, -0.2) is 4.92 Å². The zero-order valence-electron chi connectivity index (χ0n) is 10.3. The fraction of sp³-hybridized carbons (Fsp3) is 0.143. The molecule has 3 nitrogen and oxygen atoms in total. The molecule has 0 aliphatic carbocycles. The number of thioether (sulfide) groups is 1. The van der Waals surface area contributed by atoms with Gasteiger partial charge in [-0.1, -0.05) is 24.3 Å². The first-order chi connectivity index (χ1) is 9.06. The molecular formula is C14H12FNO2S. The standard InChI is InChI=1S/C14H12FNO2S/c1-10-4-2-3-5-11(10)9-19-14-7-12(15)6-13(8-14)16(17)18/h2-8H,9H2,1H3. The van der Waals surface area contributed by atoms with Gasteiger partial charge in [0.25, 0.3) is 5.69 Å². The number of non-ortho nitro benzene ring substituents is 1. The first kappa shape index (κ1) is 13.5. The Labute approximate surface area is 114 Å². The van der Waals surface area contributed by atoms with Crippen LogP contribution in [0.2, 0.25) is 0 Å². The summed E-state index contributed by atoms with van der Waals surface area (Å²) < 4.78 is 13.3. The number of aryl methyl sites for hydroxylation is 1. The average Bonchev–Trinajstić information content (AvgIpc) is 2.37. The van der Waals surface area contributed by atoms with Crippen LogP contribution in [0.3, 0.4) is 0 Å². The molecule has 0 spiro atoms. The van der Waals surface area contributed by atoms with E-state index in [9.17, 15) is 14.5 Å². The first-order valence-corrected chi connectivity index (χ1v) is 6.67. The highest BCUT2D eigenvalue weighted by molar-refractivity contribution is 7.98. The predicted molar refractivity (Wildman–Crippen MR) is 73.8 cm³/mol. The van der Waals surface area contributed by atoms with Gasteiger partial charge in [0.2, 0.25) is 0 Å². The van der Waals surface area contributed by atoms with Crippen molar-refractivity contribution in [2.75, 3.05) is 0 Å². The van der Waals surface area contributed by atoms with E-state index in [0.717, 1.165) is 17.2 Å². The van der Waals surface area contributed by atoms with E-state index in [-0.39, 0.29) is 5.69 Å². The molecule has 0 bridgehead atoms. The number of hydrogen-bond donors (Lipinski definition) is 0. The van der Waals surface area contributed by atoms with Gasteiger partial charge in [-0.25, -0.2) is 4.39 Å². The van der Waals surface area contributed by atoms with Crippen molar-refractivity contribution in [3.8, 4) is 0 Å². The summed E-state index contributed by atoms with van der Waals surface area (Å²) >= 11 is 1.39. The van der Waals surface area contributed by atoms with E-state index in [2.05, 4.69) is 0 Å². The van der Waals surface area contributed by atoms with Crippen LogP contribution in [0.4, 0.5) is 10.1 Å². The van der Waals surface area contributed by atoms with Crippen LogP contribution in [0, 0.1) is 22.9 Å². The van der Waals surface area contributed by atoms with Gasteiger partial charge in [-0.05, 0) is 24.1 Å².